The number of rotatable bonds is 7. The molecule has 0 bridgehead atoms. The van der Waals surface area contributed by atoms with Gasteiger partial charge in [-0.2, -0.15) is 0 Å². The Morgan fingerprint density at radius 2 is 2.40 bits per heavy atom. The fourth-order valence-corrected chi connectivity index (χ4v) is 2.38. The summed E-state index contributed by atoms with van der Waals surface area (Å²) in [5.74, 6) is 0. The molecule has 0 aromatic carbocycles. The zero-order valence-corrected chi connectivity index (χ0v) is 9.84. The maximum atomic E-state index is 9.00. The number of nitrogens with zero attached hydrogens (tertiary/aromatic N) is 1. The van der Waals surface area contributed by atoms with Crippen LogP contribution >= 0.6 is 0 Å². The van der Waals surface area contributed by atoms with E-state index in [0.29, 0.717) is 5.41 Å². The lowest BCUT2D eigenvalue weighted by Gasteiger charge is -2.33. The predicted molar refractivity (Wildman–Crippen MR) is 63.9 cm³/mol. The molecule has 0 aliphatic carbocycles. The van der Waals surface area contributed by atoms with Gasteiger partial charge in [0.05, 0.1) is 6.61 Å². The highest BCUT2D eigenvalue weighted by atomic mass is 16.3. The van der Waals surface area contributed by atoms with E-state index in [2.05, 4.69) is 23.7 Å². The smallest absolute Gasteiger partial charge is 0.0558 e. The van der Waals surface area contributed by atoms with E-state index < -0.39 is 0 Å². The molecule has 1 unspecified atom stereocenters. The second-order valence-corrected chi connectivity index (χ2v) is 4.53. The molecule has 0 radical (unpaired) electrons. The van der Waals surface area contributed by atoms with Crippen LogP contribution in [0.5, 0.6) is 0 Å². The van der Waals surface area contributed by atoms with Crippen molar-refractivity contribution in [1.82, 2.24) is 10.2 Å². The summed E-state index contributed by atoms with van der Waals surface area (Å²) in [7, 11) is 0. The summed E-state index contributed by atoms with van der Waals surface area (Å²) in [6.07, 6.45) is 4.38. The van der Waals surface area contributed by atoms with E-state index in [1.54, 1.807) is 0 Å². The van der Waals surface area contributed by atoms with Crippen molar-refractivity contribution in [3.05, 3.63) is 12.7 Å². The van der Waals surface area contributed by atoms with Crippen LogP contribution in [0, 0.1) is 5.41 Å². The number of aliphatic hydroxyl groups is 1. The van der Waals surface area contributed by atoms with Crippen molar-refractivity contribution in [1.29, 1.82) is 0 Å². The van der Waals surface area contributed by atoms with Crippen LogP contribution in [-0.2, 0) is 0 Å². The third-order valence-corrected chi connectivity index (χ3v) is 3.44. The molecule has 1 rings (SSSR count). The lowest BCUT2D eigenvalue weighted by molar-refractivity contribution is 0.142. The van der Waals surface area contributed by atoms with Crippen LogP contribution in [0.4, 0.5) is 0 Å². The maximum Gasteiger partial charge on any atom is 0.0558 e. The van der Waals surface area contributed by atoms with Crippen LogP contribution in [0.3, 0.4) is 0 Å². The van der Waals surface area contributed by atoms with Crippen molar-refractivity contribution < 1.29 is 5.11 Å². The lowest BCUT2D eigenvalue weighted by atomic mass is 9.83. The molecule has 1 aliphatic heterocycles. The minimum atomic E-state index is 0.237. The number of aliphatic hydroxyl groups excluding tert-OH is 1. The Kier molecular flexibility index (Phi) is 5.29. The Morgan fingerprint density at radius 1 is 1.60 bits per heavy atom. The van der Waals surface area contributed by atoms with Crippen LogP contribution in [0.2, 0.25) is 0 Å². The van der Waals surface area contributed by atoms with Gasteiger partial charge in [0, 0.05) is 26.2 Å². The molecule has 0 saturated carbocycles. The van der Waals surface area contributed by atoms with E-state index in [4.69, 9.17) is 5.11 Å². The lowest BCUT2D eigenvalue weighted by Crippen LogP contribution is -2.40. The van der Waals surface area contributed by atoms with E-state index >= 15 is 0 Å². The fraction of sp³-hybridized carbons (Fsp3) is 0.833. The molecule has 1 saturated heterocycles. The van der Waals surface area contributed by atoms with Crippen LogP contribution in [0.15, 0.2) is 12.7 Å². The van der Waals surface area contributed by atoms with Gasteiger partial charge in [-0.1, -0.05) is 13.0 Å². The zero-order chi connectivity index (χ0) is 11.1. The molecule has 2 N–H and O–H groups in total. The fourth-order valence-electron chi connectivity index (χ4n) is 2.38. The molecule has 88 valence electrons. The summed E-state index contributed by atoms with van der Waals surface area (Å²) in [6, 6.07) is 0. The van der Waals surface area contributed by atoms with Crippen molar-refractivity contribution in [3.63, 3.8) is 0 Å². The van der Waals surface area contributed by atoms with Gasteiger partial charge >= 0.3 is 0 Å². The van der Waals surface area contributed by atoms with Gasteiger partial charge in [0.15, 0.2) is 0 Å². The van der Waals surface area contributed by atoms with E-state index in [1.807, 2.05) is 6.08 Å². The Hall–Kier alpha value is -0.380. The van der Waals surface area contributed by atoms with Gasteiger partial charge in [0.2, 0.25) is 0 Å². The maximum absolute atomic E-state index is 9.00. The summed E-state index contributed by atoms with van der Waals surface area (Å²) >= 11 is 0. The summed E-state index contributed by atoms with van der Waals surface area (Å²) in [4.78, 5) is 2.30. The molecule has 0 aromatic rings. The first kappa shape index (κ1) is 12.7. The average molecular weight is 212 g/mol. The highest BCUT2D eigenvalue weighted by molar-refractivity contribution is 4.90. The highest BCUT2D eigenvalue weighted by Crippen LogP contribution is 2.30. The van der Waals surface area contributed by atoms with Crippen molar-refractivity contribution >= 4 is 0 Å². The van der Waals surface area contributed by atoms with Gasteiger partial charge in [0.1, 0.15) is 0 Å². The predicted octanol–water partition coefficient (Wildman–Crippen LogP) is 0.856. The van der Waals surface area contributed by atoms with Crippen molar-refractivity contribution in [2.45, 2.75) is 19.8 Å². The quantitative estimate of drug-likeness (QED) is 0.614. The van der Waals surface area contributed by atoms with Crippen LogP contribution < -0.4 is 5.32 Å². The number of hydrogen-bond donors (Lipinski definition) is 2. The average Bonchev–Trinajstić information content (AvgIpc) is 2.68. The van der Waals surface area contributed by atoms with Gasteiger partial charge in [-0.15, -0.1) is 6.58 Å². The first-order chi connectivity index (χ1) is 7.26. The second-order valence-electron chi connectivity index (χ2n) is 4.53. The number of hydrogen-bond acceptors (Lipinski definition) is 3. The Labute approximate surface area is 93.2 Å². The van der Waals surface area contributed by atoms with Crippen molar-refractivity contribution in [3.8, 4) is 0 Å². The van der Waals surface area contributed by atoms with Crippen LogP contribution in [0.1, 0.15) is 19.8 Å². The molecule has 15 heavy (non-hydrogen) atoms. The zero-order valence-electron chi connectivity index (χ0n) is 9.84. The Morgan fingerprint density at radius 3 is 2.87 bits per heavy atom. The SMILES string of the molecule is C=CCN(CCO)CC1(CC)CCNC1. The molecule has 0 aromatic heterocycles. The monoisotopic (exact) mass is 212 g/mol. The molecule has 1 aliphatic rings. The first-order valence-corrected chi connectivity index (χ1v) is 5.91. The normalized spacial score (nSPS) is 26.1. The summed E-state index contributed by atoms with van der Waals surface area (Å²) in [6.45, 7) is 11.2. The third-order valence-electron chi connectivity index (χ3n) is 3.44. The summed E-state index contributed by atoms with van der Waals surface area (Å²) < 4.78 is 0. The topological polar surface area (TPSA) is 35.5 Å². The Bertz CT molecular complexity index is 188. The van der Waals surface area contributed by atoms with Crippen LogP contribution in [0.25, 0.3) is 0 Å². The molecule has 0 amide bonds. The van der Waals surface area contributed by atoms with E-state index in [1.165, 1.54) is 12.8 Å². The first-order valence-electron chi connectivity index (χ1n) is 5.91. The standard InChI is InChI=1S/C12H24N2O/c1-3-7-14(8-9-15)11-12(4-2)5-6-13-10-12/h3,13,15H,1,4-11H2,2H3. The number of nitrogens with one attached hydrogen (secondary N) is 1. The van der Waals surface area contributed by atoms with Gasteiger partial charge in [0.25, 0.3) is 0 Å². The van der Waals surface area contributed by atoms with Crippen molar-refractivity contribution in [2.24, 2.45) is 5.41 Å². The molecular formula is C12H24N2O. The van der Waals surface area contributed by atoms with Gasteiger partial charge < -0.3 is 10.4 Å². The molecule has 3 nitrogen and oxygen atoms in total. The second kappa shape index (κ2) is 6.26. The van der Waals surface area contributed by atoms with E-state index in [0.717, 1.165) is 32.7 Å². The summed E-state index contributed by atoms with van der Waals surface area (Å²) in [5, 5.41) is 12.4. The highest BCUT2D eigenvalue weighted by Gasteiger charge is 2.33. The van der Waals surface area contributed by atoms with Crippen molar-refractivity contribution in [2.75, 3.05) is 39.3 Å². The van der Waals surface area contributed by atoms with Gasteiger partial charge in [-0.05, 0) is 24.8 Å². The third kappa shape index (κ3) is 3.59. The van der Waals surface area contributed by atoms with E-state index in [9.17, 15) is 0 Å². The minimum absolute atomic E-state index is 0.237. The molecular weight excluding hydrogens is 188 g/mol. The van der Waals surface area contributed by atoms with E-state index in [-0.39, 0.29) is 6.61 Å². The molecule has 1 fully saturated rings. The minimum Gasteiger partial charge on any atom is -0.395 e. The van der Waals surface area contributed by atoms with Gasteiger partial charge in [-0.3, -0.25) is 4.90 Å². The largest absolute Gasteiger partial charge is 0.395 e. The van der Waals surface area contributed by atoms with Crippen LogP contribution in [-0.4, -0.2) is 49.3 Å². The molecule has 1 heterocycles. The molecule has 0 spiro atoms. The van der Waals surface area contributed by atoms with Gasteiger partial charge in [-0.25, -0.2) is 0 Å². The summed E-state index contributed by atoms with van der Waals surface area (Å²) in [5.41, 5.74) is 0.415. The molecule has 1 atom stereocenters. The molecule has 3 heteroatoms. The Balaban J connectivity index is 2.49.